The molecule has 0 saturated carbocycles. The summed E-state index contributed by atoms with van der Waals surface area (Å²) in [4.78, 5) is 0. The maximum atomic E-state index is 10.3. The van der Waals surface area contributed by atoms with Crippen LogP contribution in [-0.2, 0) is 16.8 Å². The molecule has 0 fully saturated rings. The normalized spacial score (nSPS) is 11.3. The standard InChI is InChI=1S/C8H10O6S/c9-4-3-6-1-2-8(7(10)5-6)14-15(11,12)13/h1-2,5,9-10H,3-4H2,(H,11,12,13). The first-order chi connectivity index (χ1) is 6.92. The molecule has 0 aliphatic carbocycles. The van der Waals surface area contributed by atoms with E-state index in [1.165, 1.54) is 18.2 Å². The van der Waals surface area contributed by atoms with Crippen LogP contribution < -0.4 is 4.18 Å². The van der Waals surface area contributed by atoms with Gasteiger partial charge in [0.25, 0.3) is 0 Å². The van der Waals surface area contributed by atoms with Crippen LogP contribution in [0.25, 0.3) is 0 Å². The molecule has 0 heterocycles. The van der Waals surface area contributed by atoms with E-state index >= 15 is 0 Å². The van der Waals surface area contributed by atoms with Crippen molar-refractivity contribution in [2.75, 3.05) is 6.61 Å². The molecule has 0 spiro atoms. The van der Waals surface area contributed by atoms with Gasteiger partial charge in [-0.2, -0.15) is 8.42 Å². The second kappa shape index (κ2) is 4.47. The molecule has 0 amide bonds. The van der Waals surface area contributed by atoms with E-state index in [2.05, 4.69) is 4.18 Å². The summed E-state index contributed by atoms with van der Waals surface area (Å²) in [7, 11) is -4.63. The topological polar surface area (TPSA) is 104 Å². The van der Waals surface area contributed by atoms with Gasteiger partial charge < -0.3 is 14.4 Å². The van der Waals surface area contributed by atoms with Crippen molar-refractivity contribution >= 4 is 10.4 Å². The number of aliphatic hydroxyl groups is 1. The molecule has 1 aromatic rings. The Balaban J connectivity index is 2.93. The number of phenols is 1. The number of hydrogen-bond donors (Lipinski definition) is 3. The van der Waals surface area contributed by atoms with Gasteiger partial charge in [0, 0.05) is 6.61 Å². The Morgan fingerprint density at radius 2 is 2.00 bits per heavy atom. The van der Waals surface area contributed by atoms with Gasteiger partial charge in [-0.15, -0.1) is 0 Å². The van der Waals surface area contributed by atoms with Crippen molar-refractivity contribution < 1.29 is 27.4 Å². The first-order valence-electron chi connectivity index (χ1n) is 4.02. The number of benzene rings is 1. The molecule has 0 aromatic heterocycles. The third kappa shape index (κ3) is 3.74. The lowest BCUT2D eigenvalue weighted by Gasteiger charge is -2.05. The third-order valence-corrected chi connectivity index (χ3v) is 2.01. The van der Waals surface area contributed by atoms with Crippen LogP contribution in [0.1, 0.15) is 5.56 Å². The molecule has 0 bridgehead atoms. The zero-order valence-electron chi connectivity index (χ0n) is 7.62. The Morgan fingerprint density at radius 1 is 1.33 bits per heavy atom. The van der Waals surface area contributed by atoms with Crippen molar-refractivity contribution in [2.45, 2.75) is 6.42 Å². The van der Waals surface area contributed by atoms with E-state index in [-0.39, 0.29) is 12.4 Å². The summed E-state index contributed by atoms with van der Waals surface area (Å²) in [6, 6.07) is 3.90. The molecule has 6 nitrogen and oxygen atoms in total. The molecule has 7 heteroatoms. The molecule has 1 rings (SSSR count). The molecular formula is C8H10O6S. The molecule has 0 saturated heterocycles. The molecule has 1 aromatic carbocycles. The Bertz CT molecular complexity index is 438. The van der Waals surface area contributed by atoms with Crippen molar-refractivity contribution in [1.29, 1.82) is 0 Å². The van der Waals surface area contributed by atoms with Crippen molar-refractivity contribution in [2.24, 2.45) is 0 Å². The van der Waals surface area contributed by atoms with E-state index in [0.29, 0.717) is 12.0 Å². The van der Waals surface area contributed by atoms with Gasteiger partial charge in [-0.25, -0.2) is 0 Å². The average molecular weight is 234 g/mol. The van der Waals surface area contributed by atoms with Crippen LogP contribution in [0.4, 0.5) is 0 Å². The Kier molecular flexibility index (Phi) is 3.51. The Morgan fingerprint density at radius 3 is 2.47 bits per heavy atom. The summed E-state index contributed by atoms with van der Waals surface area (Å²) < 4.78 is 33.1. The van der Waals surface area contributed by atoms with Crippen LogP contribution in [0.3, 0.4) is 0 Å². The van der Waals surface area contributed by atoms with Crippen molar-refractivity contribution in [3.05, 3.63) is 23.8 Å². The SMILES string of the molecule is O=S(=O)(O)Oc1ccc(CCO)cc1O. The van der Waals surface area contributed by atoms with Crippen LogP contribution in [0.5, 0.6) is 11.5 Å². The lowest BCUT2D eigenvalue weighted by molar-refractivity contribution is 0.299. The lowest BCUT2D eigenvalue weighted by Crippen LogP contribution is -2.06. The van der Waals surface area contributed by atoms with Crippen LogP contribution in [0, 0.1) is 0 Å². The van der Waals surface area contributed by atoms with E-state index in [1.807, 2.05) is 0 Å². The predicted octanol–water partition coefficient (Wildman–Crippen LogP) is 0.109. The maximum absolute atomic E-state index is 10.3. The highest BCUT2D eigenvalue weighted by molar-refractivity contribution is 7.81. The lowest BCUT2D eigenvalue weighted by atomic mass is 10.1. The zero-order valence-corrected chi connectivity index (χ0v) is 8.44. The first kappa shape index (κ1) is 11.8. The van der Waals surface area contributed by atoms with E-state index in [9.17, 15) is 13.5 Å². The van der Waals surface area contributed by atoms with Gasteiger partial charge in [-0.1, -0.05) is 6.07 Å². The van der Waals surface area contributed by atoms with Crippen molar-refractivity contribution in [1.82, 2.24) is 0 Å². The molecular weight excluding hydrogens is 224 g/mol. The number of hydrogen-bond acceptors (Lipinski definition) is 5. The molecule has 0 radical (unpaired) electrons. The smallest absolute Gasteiger partial charge is 0.446 e. The minimum atomic E-state index is -4.63. The second-order valence-electron chi connectivity index (χ2n) is 2.79. The minimum absolute atomic E-state index is 0.0854. The summed E-state index contributed by atoms with van der Waals surface area (Å²) in [5.74, 6) is -0.780. The van der Waals surface area contributed by atoms with Gasteiger partial charge in [0.05, 0.1) is 0 Å². The molecule has 15 heavy (non-hydrogen) atoms. The fourth-order valence-electron chi connectivity index (χ4n) is 1.03. The summed E-state index contributed by atoms with van der Waals surface area (Å²) in [5, 5.41) is 17.9. The Hall–Kier alpha value is -1.31. The molecule has 0 atom stereocenters. The highest BCUT2D eigenvalue weighted by Crippen LogP contribution is 2.27. The van der Waals surface area contributed by atoms with E-state index < -0.39 is 16.1 Å². The number of rotatable bonds is 4. The highest BCUT2D eigenvalue weighted by Gasteiger charge is 2.11. The van der Waals surface area contributed by atoms with Gasteiger partial charge >= 0.3 is 10.4 Å². The summed E-state index contributed by atoms with van der Waals surface area (Å²) in [6.45, 7) is -0.0854. The number of aromatic hydroxyl groups is 1. The van der Waals surface area contributed by atoms with Crippen molar-refractivity contribution in [3.8, 4) is 11.5 Å². The van der Waals surface area contributed by atoms with Gasteiger partial charge in [0.2, 0.25) is 0 Å². The highest BCUT2D eigenvalue weighted by atomic mass is 32.3. The largest absolute Gasteiger partial charge is 0.504 e. The summed E-state index contributed by atoms with van der Waals surface area (Å²) >= 11 is 0. The Labute approximate surface area is 86.7 Å². The predicted molar refractivity (Wildman–Crippen MR) is 51.1 cm³/mol. The summed E-state index contributed by atoms with van der Waals surface area (Å²) in [5.41, 5.74) is 0.623. The van der Waals surface area contributed by atoms with Gasteiger partial charge in [-0.3, -0.25) is 4.55 Å². The molecule has 3 N–H and O–H groups in total. The van der Waals surface area contributed by atoms with Gasteiger partial charge in [0.1, 0.15) is 0 Å². The van der Waals surface area contributed by atoms with Crippen LogP contribution in [0.2, 0.25) is 0 Å². The van der Waals surface area contributed by atoms with Gasteiger partial charge in [0.15, 0.2) is 11.5 Å². The fraction of sp³-hybridized carbons (Fsp3) is 0.250. The second-order valence-corrected chi connectivity index (χ2v) is 3.81. The molecule has 0 unspecified atom stereocenters. The maximum Gasteiger partial charge on any atom is 0.446 e. The quantitative estimate of drug-likeness (QED) is 0.639. The number of aliphatic hydroxyl groups excluding tert-OH is 1. The zero-order chi connectivity index (χ0) is 11.5. The monoisotopic (exact) mass is 234 g/mol. The molecule has 0 aliphatic heterocycles. The van der Waals surface area contributed by atoms with Crippen LogP contribution in [-0.4, -0.2) is 29.8 Å². The number of phenolic OH excluding ortho intramolecular Hbond substituents is 1. The average Bonchev–Trinajstić information content (AvgIpc) is 2.08. The van der Waals surface area contributed by atoms with Crippen LogP contribution in [0.15, 0.2) is 18.2 Å². The van der Waals surface area contributed by atoms with Crippen molar-refractivity contribution in [3.63, 3.8) is 0 Å². The third-order valence-electron chi connectivity index (χ3n) is 1.62. The molecule has 0 aliphatic rings. The molecule has 84 valence electrons. The van der Waals surface area contributed by atoms with E-state index in [4.69, 9.17) is 9.66 Å². The summed E-state index contributed by atoms with van der Waals surface area (Å²) in [6.07, 6.45) is 0.333. The van der Waals surface area contributed by atoms with Gasteiger partial charge in [-0.05, 0) is 24.1 Å². The fourth-order valence-corrected chi connectivity index (χ4v) is 1.40. The first-order valence-corrected chi connectivity index (χ1v) is 5.38. The minimum Gasteiger partial charge on any atom is -0.504 e. The van der Waals surface area contributed by atoms with E-state index in [1.54, 1.807) is 0 Å². The van der Waals surface area contributed by atoms with E-state index in [0.717, 1.165) is 0 Å². The van der Waals surface area contributed by atoms with Crippen LogP contribution >= 0.6 is 0 Å².